The van der Waals surface area contributed by atoms with Crippen LogP contribution < -0.4 is 9.47 Å². The molecule has 2 rings (SSSR count). The van der Waals surface area contributed by atoms with Gasteiger partial charge >= 0.3 is 5.97 Å². The van der Waals surface area contributed by atoms with E-state index >= 15 is 0 Å². The van der Waals surface area contributed by atoms with E-state index < -0.39 is 9.76 Å². The molecule has 1 heterocycles. The van der Waals surface area contributed by atoms with Gasteiger partial charge in [0, 0.05) is 5.56 Å². The Labute approximate surface area is 152 Å². The van der Waals surface area contributed by atoms with Crippen molar-refractivity contribution >= 4 is 40.8 Å². The molecule has 2 aromatic rings. The predicted octanol–water partition coefficient (Wildman–Crippen LogP) is 3.51. The molecule has 0 saturated heterocycles. The van der Waals surface area contributed by atoms with Crippen LogP contribution in [-0.4, -0.2) is 36.5 Å². The highest BCUT2D eigenvalue weighted by Crippen LogP contribution is 2.39. The number of hydrogen-bond donors (Lipinski definition) is 0. The largest absolute Gasteiger partial charge is 0.493 e. The quantitative estimate of drug-likeness (QED) is 0.546. The van der Waals surface area contributed by atoms with Crippen molar-refractivity contribution in [2.45, 2.75) is 10.7 Å². The molecule has 130 valence electrons. The fourth-order valence-corrected chi connectivity index (χ4v) is 1.94. The molecule has 0 aliphatic carbocycles. The SMILES string of the molecule is CCOC(=O)COc1ccc(-c2nnc(C(Cl)(Cl)Cl)o2)cc1OC. The van der Waals surface area contributed by atoms with Gasteiger partial charge in [-0.1, -0.05) is 34.8 Å². The average molecular weight is 396 g/mol. The van der Waals surface area contributed by atoms with Gasteiger partial charge in [-0.25, -0.2) is 4.79 Å². The number of rotatable bonds is 6. The van der Waals surface area contributed by atoms with E-state index in [4.69, 9.17) is 53.4 Å². The molecular formula is C14H13Cl3N2O5. The fraction of sp³-hybridized carbons (Fsp3) is 0.357. The van der Waals surface area contributed by atoms with Crippen molar-refractivity contribution in [1.82, 2.24) is 10.2 Å². The fourth-order valence-electron chi connectivity index (χ4n) is 1.71. The Morgan fingerprint density at radius 2 is 2.00 bits per heavy atom. The predicted molar refractivity (Wildman–Crippen MR) is 87.7 cm³/mol. The summed E-state index contributed by atoms with van der Waals surface area (Å²) < 4.78 is 18.9. The van der Waals surface area contributed by atoms with Crippen LogP contribution in [0.4, 0.5) is 0 Å². The van der Waals surface area contributed by atoms with Gasteiger partial charge < -0.3 is 18.6 Å². The molecule has 0 saturated carbocycles. The monoisotopic (exact) mass is 394 g/mol. The first-order chi connectivity index (χ1) is 11.3. The Morgan fingerprint density at radius 3 is 2.58 bits per heavy atom. The normalized spacial score (nSPS) is 11.2. The van der Waals surface area contributed by atoms with Crippen LogP contribution in [0.1, 0.15) is 12.8 Å². The molecule has 0 bridgehead atoms. The first-order valence-corrected chi connectivity index (χ1v) is 7.86. The number of alkyl halides is 3. The topological polar surface area (TPSA) is 83.7 Å². The molecule has 0 radical (unpaired) electrons. The van der Waals surface area contributed by atoms with Crippen molar-refractivity contribution in [2.75, 3.05) is 20.3 Å². The number of ether oxygens (including phenoxy) is 3. The van der Waals surface area contributed by atoms with Crippen LogP contribution in [0.3, 0.4) is 0 Å². The lowest BCUT2D eigenvalue weighted by Crippen LogP contribution is -2.14. The Kier molecular flexibility index (Phi) is 6.15. The molecule has 0 aliphatic heterocycles. The van der Waals surface area contributed by atoms with Gasteiger partial charge in [0.25, 0.3) is 9.68 Å². The zero-order valence-corrected chi connectivity index (χ0v) is 15.0. The van der Waals surface area contributed by atoms with Crippen molar-refractivity contribution in [3.8, 4) is 23.0 Å². The number of aromatic nitrogens is 2. The number of esters is 1. The second kappa shape index (κ2) is 7.92. The number of halogens is 3. The second-order valence-electron chi connectivity index (χ2n) is 4.37. The summed E-state index contributed by atoms with van der Waals surface area (Å²) in [7, 11) is 1.46. The number of carbonyl (C=O) groups excluding carboxylic acids is 1. The van der Waals surface area contributed by atoms with Gasteiger partial charge in [-0.15, -0.1) is 10.2 Å². The molecule has 0 spiro atoms. The Balaban J connectivity index is 2.19. The smallest absolute Gasteiger partial charge is 0.344 e. The van der Waals surface area contributed by atoms with Crippen LogP contribution in [-0.2, 0) is 13.3 Å². The van der Waals surface area contributed by atoms with Gasteiger partial charge in [0.2, 0.25) is 5.89 Å². The van der Waals surface area contributed by atoms with E-state index in [1.807, 2.05) is 0 Å². The molecule has 0 fully saturated rings. The zero-order valence-electron chi connectivity index (χ0n) is 12.7. The maximum atomic E-state index is 11.3. The van der Waals surface area contributed by atoms with E-state index in [-0.39, 0.29) is 25.0 Å². The second-order valence-corrected chi connectivity index (χ2v) is 6.65. The molecule has 24 heavy (non-hydrogen) atoms. The van der Waals surface area contributed by atoms with Gasteiger partial charge in [-0.3, -0.25) is 0 Å². The van der Waals surface area contributed by atoms with Gasteiger partial charge in [-0.05, 0) is 25.1 Å². The lowest BCUT2D eigenvalue weighted by molar-refractivity contribution is -0.145. The first kappa shape index (κ1) is 18.6. The summed E-state index contributed by atoms with van der Waals surface area (Å²) in [5, 5.41) is 7.49. The van der Waals surface area contributed by atoms with Gasteiger partial charge in [-0.2, -0.15) is 0 Å². The molecule has 0 atom stereocenters. The summed E-state index contributed by atoms with van der Waals surface area (Å²) in [6, 6.07) is 4.82. The standard InChI is InChI=1S/C14H13Cl3N2O5/c1-3-22-11(20)7-23-9-5-4-8(6-10(9)21-2)12-18-19-13(24-12)14(15,16)17/h4-6H,3,7H2,1-2H3. The molecule has 1 aromatic carbocycles. The number of methoxy groups -OCH3 is 1. The molecule has 1 aromatic heterocycles. The third-order valence-corrected chi connectivity index (χ3v) is 3.21. The van der Waals surface area contributed by atoms with E-state index in [9.17, 15) is 4.79 Å². The molecular weight excluding hydrogens is 383 g/mol. The maximum Gasteiger partial charge on any atom is 0.344 e. The molecule has 7 nitrogen and oxygen atoms in total. The van der Waals surface area contributed by atoms with E-state index in [0.29, 0.717) is 17.1 Å². The van der Waals surface area contributed by atoms with Crippen LogP contribution in [0.2, 0.25) is 0 Å². The Bertz CT molecular complexity index is 715. The van der Waals surface area contributed by atoms with Gasteiger partial charge in [0.15, 0.2) is 18.1 Å². The van der Waals surface area contributed by atoms with Crippen LogP contribution in [0.15, 0.2) is 22.6 Å². The zero-order chi connectivity index (χ0) is 17.7. The third-order valence-electron chi connectivity index (χ3n) is 2.73. The van der Waals surface area contributed by atoms with Crippen molar-refractivity contribution in [3.63, 3.8) is 0 Å². The number of nitrogens with zero attached hydrogens (tertiary/aromatic N) is 2. The Morgan fingerprint density at radius 1 is 1.25 bits per heavy atom. The number of hydrogen-bond acceptors (Lipinski definition) is 7. The average Bonchev–Trinajstić information content (AvgIpc) is 3.03. The minimum absolute atomic E-state index is 0.145. The summed E-state index contributed by atoms with van der Waals surface area (Å²) in [6.45, 7) is 1.76. The van der Waals surface area contributed by atoms with E-state index in [1.54, 1.807) is 25.1 Å². The molecule has 0 aliphatic rings. The minimum Gasteiger partial charge on any atom is -0.493 e. The Hall–Kier alpha value is -1.70. The van der Waals surface area contributed by atoms with E-state index in [1.165, 1.54) is 7.11 Å². The van der Waals surface area contributed by atoms with Crippen molar-refractivity contribution in [1.29, 1.82) is 0 Å². The summed E-state index contributed by atoms with van der Waals surface area (Å²) in [6.07, 6.45) is 0. The van der Waals surface area contributed by atoms with E-state index in [2.05, 4.69) is 10.2 Å². The lowest BCUT2D eigenvalue weighted by atomic mass is 10.2. The van der Waals surface area contributed by atoms with Crippen molar-refractivity contribution < 1.29 is 23.4 Å². The highest BCUT2D eigenvalue weighted by molar-refractivity contribution is 6.66. The lowest BCUT2D eigenvalue weighted by Gasteiger charge is -2.10. The maximum absolute atomic E-state index is 11.3. The molecule has 0 unspecified atom stereocenters. The summed E-state index contributed by atoms with van der Waals surface area (Å²) in [5.41, 5.74) is 0.531. The molecule has 0 N–H and O–H groups in total. The highest BCUT2D eigenvalue weighted by Gasteiger charge is 2.30. The molecule has 10 heteroatoms. The first-order valence-electron chi connectivity index (χ1n) is 6.72. The summed E-state index contributed by atoms with van der Waals surface area (Å²) in [5.74, 6) is 0.240. The van der Waals surface area contributed by atoms with Gasteiger partial charge in [0.1, 0.15) is 0 Å². The van der Waals surface area contributed by atoms with Crippen LogP contribution >= 0.6 is 34.8 Å². The number of benzene rings is 1. The third kappa shape index (κ3) is 4.66. The minimum atomic E-state index is -1.81. The van der Waals surface area contributed by atoms with Crippen LogP contribution in [0, 0.1) is 0 Å². The highest BCUT2D eigenvalue weighted by atomic mass is 35.6. The van der Waals surface area contributed by atoms with Crippen LogP contribution in [0.5, 0.6) is 11.5 Å². The van der Waals surface area contributed by atoms with Crippen molar-refractivity contribution in [3.05, 3.63) is 24.1 Å². The van der Waals surface area contributed by atoms with Crippen molar-refractivity contribution in [2.24, 2.45) is 0 Å². The summed E-state index contributed by atoms with van der Waals surface area (Å²) in [4.78, 5) is 11.3. The van der Waals surface area contributed by atoms with Crippen LogP contribution in [0.25, 0.3) is 11.5 Å². The van der Waals surface area contributed by atoms with E-state index in [0.717, 1.165) is 0 Å². The molecule has 0 amide bonds. The van der Waals surface area contributed by atoms with Gasteiger partial charge in [0.05, 0.1) is 13.7 Å². The number of carbonyl (C=O) groups is 1. The summed E-state index contributed by atoms with van der Waals surface area (Å²) >= 11 is 17.1.